The van der Waals surface area contributed by atoms with Crippen LogP contribution < -0.4 is 10.3 Å². The zero-order valence-corrected chi connectivity index (χ0v) is 17.0. The third-order valence-corrected chi connectivity index (χ3v) is 5.32. The maximum atomic E-state index is 12.9. The van der Waals surface area contributed by atoms with Gasteiger partial charge in [-0.3, -0.25) is 14.6 Å². The number of nitrogens with zero attached hydrogens (tertiary/aromatic N) is 3. The first kappa shape index (κ1) is 19.8. The lowest BCUT2D eigenvalue weighted by Gasteiger charge is -2.22. The van der Waals surface area contributed by atoms with Crippen molar-refractivity contribution in [2.45, 2.75) is 32.3 Å². The van der Waals surface area contributed by atoms with Crippen molar-refractivity contribution in [1.82, 2.24) is 19.9 Å². The normalized spacial score (nSPS) is 17.0. The highest BCUT2D eigenvalue weighted by molar-refractivity contribution is 5.81. The predicted octanol–water partition coefficient (Wildman–Crippen LogP) is 2.92. The van der Waals surface area contributed by atoms with Crippen LogP contribution in [0.5, 0.6) is 5.75 Å². The molecule has 3 aromatic rings. The summed E-state index contributed by atoms with van der Waals surface area (Å²) in [4.78, 5) is 38.2. The van der Waals surface area contributed by atoms with Gasteiger partial charge in [-0.05, 0) is 44.5 Å². The van der Waals surface area contributed by atoms with Gasteiger partial charge in [0, 0.05) is 43.0 Å². The van der Waals surface area contributed by atoms with Gasteiger partial charge in [-0.2, -0.15) is 0 Å². The Bertz CT molecular complexity index is 1080. The van der Waals surface area contributed by atoms with Crippen LogP contribution in [0.3, 0.4) is 0 Å². The Labute approximate surface area is 174 Å². The number of ether oxygens (including phenoxy) is 1. The average Bonchev–Trinajstić information content (AvgIpc) is 3.25. The number of aromatic amines is 1. The van der Waals surface area contributed by atoms with Crippen LogP contribution in [0.1, 0.15) is 30.5 Å². The smallest absolute Gasteiger partial charge is 0.263 e. The number of hydrogen-bond acceptors (Lipinski definition) is 5. The maximum absolute atomic E-state index is 12.9. The summed E-state index contributed by atoms with van der Waals surface area (Å²) in [5.41, 5.74) is 2.44. The molecule has 7 heteroatoms. The number of benzene rings is 1. The molecule has 1 aliphatic heterocycles. The summed E-state index contributed by atoms with van der Waals surface area (Å²) in [5, 5.41) is 0. The zero-order valence-electron chi connectivity index (χ0n) is 17.0. The van der Waals surface area contributed by atoms with E-state index in [0.29, 0.717) is 30.4 Å². The summed E-state index contributed by atoms with van der Waals surface area (Å²) in [7, 11) is 0. The van der Waals surface area contributed by atoms with E-state index >= 15 is 0 Å². The number of carbonyl (C=O) groups excluding carboxylic acids is 1. The minimum atomic E-state index is -0.578. The van der Waals surface area contributed by atoms with Crippen LogP contribution in [0.25, 0.3) is 11.4 Å². The average molecular weight is 404 g/mol. The molecule has 2 atom stereocenters. The molecular weight excluding hydrogens is 380 g/mol. The summed E-state index contributed by atoms with van der Waals surface area (Å²) in [6.45, 7) is 4.91. The molecule has 0 spiro atoms. The number of aryl methyl sites for hydroxylation is 1. The van der Waals surface area contributed by atoms with E-state index in [-0.39, 0.29) is 17.4 Å². The third kappa shape index (κ3) is 4.40. The van der Waals surface area contributed by atoms with Gasteiger partial charge in [0.2, 0.25) is 0 Å². The van der Waals surface area contributed by atoms with Crippen LogP contribution in [0, 0.1) is 6.92 Å². The Hall–Kier alpha value is -3.48. The standard InChI is InChI=1S/C23H24N4O3/c1-15-3-5-19(6-4-15)30-16(2)23(29)27-12-9-18(14-27)20-13-21(28)26-22(25-20)17-7-10-24-11-8-17/h3-8,10-11,13,16,18H,9,12,14H2,1-2H3,(H,25,26,28)/t16-,18+/m1/s1. The topological polar surface area (TPSA) is 88.2 Å². The molecule has 1 amide bonds. The molecule has 1 fully saturated rings. The number of carbonyl (C=O) groups is 1. The van der Waals surface area contributed by atoms with E-state index in [4.69, 9.17) is 4.74 Å². The SMILES string of the molecule is Cc1ccc(O[C@H](C)C(=O)N2CC[C@H](c3cc(=O)[nH]c(-c4ccncc4)n3)C2)cc1. The van der Waals surface area contributed by atoms with Crippen molar-refractivity contribution in [3.8, 4) is 17.1 Å². The van der Waals surface area contributed by atoms with Crippen molar-refractivity contribution >= 4 is 5.91 Å². The number of rotatable bonds is 5. The van der Waals surface area contributed by atoms with Gasteiger partial charge in [-0.15, -0.1) is 0 Å². The maximum Gasteiger partial charge on any atom is 0.263 e. The quantitative estimate of drug-likeness (QED) is 0.706. The minimum absolute atomic E-state index is 0.0170. The van der Waals surface area contributed by atoms with Gasteiger partial charge in [0.05, 0.1) is 5.69 Å². The van der Waals surface area contributed by atoms with E-state index < -0.39 is 6.10 Å². The summed E-state index contributed by atoms with van der Waals surface area (Å²) >= 11 is 0. The predicted molar refractivity (Wildman–Crippen MR) is 113 cm³/mol. The molecule has 0 saturated carbocycles. The van der Waals surface area contributed by atoms with Crippen molar-refractivity contribution in [1.29, 1.82) is 0 Å². The van der Waals surface area contributed by atoms with Gasteiger partial charge in [0.15, 0.2) is 6.10 Å². The molecular formula is C23H24N4O3. The van der Waals surface area contributed by atoms with Crippen LogP contribution in [0.2, 0.25) is 0 Å². The minimum Gasteiger partial charge on any atom is -0.481 e. The number of likely N-dealkylation sites (tertiary alicyclic amines) is 1. The highest BCUT2D eigenvalue weighted by Crippen LogP contribution is 2.27. The lowest BCUT2D eigenvalue weighted by atomic mass is 10.0. The van der Waals surface area contributed by atoms with E-state index in [1.807, 2.05) is 31.2 Å². The molecule has 7 nitrogen and oxygen atoms in total. The Kier molecular flexibility index (Phi) is 5.61. The Morgan fingerprint density at radius 1 is 1.20 bits per heavy atom. The molecule has 0 aliphatic carbocycles. The van der Waals surface area contributed by atoms with Gasteiger partial charge in [-0.25, -0.2) is 4.98 Å². The molecule has 1 saturated heterocycles. The second kappa shape index (κ2) is 8.49. The van der Waals surface area contributed by atoms with Crippen molar-refractivity contribution in [2.75, 3.05) is 13.1 Å². The molecule has 0 radical (unpaired) electrons. The first-order valence-electron chi connectivity index (χ1n) is 10.0. The molecule has 2 aromatic heterocycles. The van der Waals surface area contributed by atoms with Crippen molar-refractivity contribution in [2.24, 2.45) is 0 Å². The number of pyridine rings is 1. The Morgan fingerprint density at radius 2 is 1.93 bits per heavy atom. The van der Waals surface area contributed by atoms with Crippen molar-refractivity contribution in [3.63, 3.8) is 0 Å². The van der Waals surface area contributed by atoms with Crippen LogP contribution in [-0.2, 0) is 4.79 Å². The lowest BCUT2D eigenvalue weighted by Crippen LogP contribution is -2.39. The molecule has 1 N–H and O–H groups in total. The first-order valence-corrected chi connectivity index (χ1v) is 10.0. The highest BCUT2D eigenvalue weighted by Gasteiger charge is 2.31. The van der Waals surface area contributed by atoms with Gasteiger partial charge < -0.3 is 14.6 Å². The molecule has 0 unspecified atom stereocenters. The molecule has 0 bridgehead atoms. The highest BCUT2D eigenvalue weighted by atomic mass is 16.5. The summed E-state index contributed by atoms with van der Waals surface area (Å²) < 4.78 is 5.81. The Balaban J connectivity index is 1.45. The third-order valence-electron chi connectivity index (χ3n) is 5.32. The number of H-pyrrole nitrogens is 1. The molecule has 154 valence electrons. The molecule has 1 aliphatic rings. The monoisotopic (exact) mass is 404 g/mol. The number of amides is 1. The van der Waals surface area contributed by atoms with Gasteiger partial charge in [0.25, 0.3) is 11.5 Å². The molecule has 4 rings (SSSR count). The second-order valence-electron chi connectivity index (χ2n) is 7.60. The van der Waals surface area contributed by atoms with E-state index in [1.165, 1.54) is 6.07 Å². The van der Waals surface area contributed by atoms with Gasteiger partial charge >= 0.3 is 0 Å². The number of nitrogens with one attached hydrogen (secondary N) is 1. The summed E-state index contributed by atoms with van der Waals surface area (Å²) in [6, 6.07) is 12.8. The zero-order chi connectivity index (χ0) is 21.1. The van der Waals surface area contributed by atoms with E-state index in [2.05, 4.69) is 15.0 Å². The fraction of sp³-hybridized carbons (Fsp3) is 0.304. The summed E-state index contributed by atoms with van der Waals surface area (Å²) in [6.07, 6.45) is 3.50. The van der Waals surface area contributed by atoms with E-state index in [9.17, 15) is 9.59 Å². The Morgan fingerprint density at radius 3 is 2.67 bits per heavy atom. The molecule has 30 heavy (non-hydrogen) atoms. The molecule has 1 aromatic carbocycles. The van der Waals surface area contributed by atoms with E-state index in [0.717, 1.165) is 17.5 Å². The van der Waals surface area contributed by atoms with Crippen molar-refractivity contribution in [3.05, 3.63) is 76.5 Å². The van der Waals surface area contributed by atoms with Crippen LogP contribution in [0.15, 0.2) is 59.7 Å². The molecule has 3 heterocycles. The number of hydrogen-bond donors (Lipinski definition) is 1. The van der Waals surface area contributed by atoms with E-state index in [1.54, 1.807) is 36.4 Å². The first-order chi connectivity index (χ1) is 14.5. The second-order valence-corrected chi connectivity index (χ2v) is 7.60. The fourth-order valence-electron chi connectivity index (χ4n) is 3.66. The van der Waals surface area contributed by atoms with Gasteiger partial charge in [0.1, 0.15) is 11.6 Å². The number of aromatic nitrogens is 3. The van der Waals surface area contributed by atoms with Crippen LogP contribution in [0.4, 0.5) is 0 Å². The van der Waals surface area contributed by atoms with Gasteiger partial charge in [-0.1, -0.05) is 17.7 Å². The fourth-order valence-corrected chi connectivity index (χ4v) is 3.66. The largest absolute Gasteiger partial charge is 0.481 e. The van der Waals surface area contributed by atoms with Crippen LogP contribution >= 0.6 is 0 Å². The van der Waals surface area contributed by atoms with Crippen LogP contribution in [-0.4, -0.2) is 45.0 Å². The van der Waals surface area contributed by atoms with Crippen molar-refractivity contribution < 1.29 is 9.53 Å². The lowest BCUT2D eigenvalue weighted by molar-refractivity contribution is -0.136. The summed E-state index contributed by atoms with van der Waals surface area (Å²) in [5.74, 6) is 1.15.